The van der Waals surface area contributed by atoms with Crippen LogP contribution in [0.3, 0.4) is 0 Å². The number of methoxy groups -OCH3 is 1. The molecule has 0 radical (unpaired) electrons. The molecule has 0 aliphatic heterocycles. The maximum Gasteiger partial charge on any atom is 0.270 e. The molecule has 0 atom stereocenters. The van der Waals surface area contributed by atoms with Crippen molar-refractivity contribution in [3.63, 3.8) is 0 Å². The fraction of sp³-hybridized carbons (Fsp3) is 0.250. The molecule has 0 saturated carbocycles. The number of aromatic nitrogens is 2. The molecular formula is C12H13N3O3. The molecule has 18 heavy (non-hydrogen) atoms. The zero-order valence-corrected chi connectivity index (χ0v) is 10.2. The number of non-ortho nitro benzene ring substituents is 1. The smallest absolute Gasteiger partial charge is 0.270 e. The van der Waals surface area contributed by atoms with Gasteiger partial charge in [-0.2, -0.15) is 5.10 Å². The molecule has 0 aliphatic rings. The minimum Gasteiger partial charge on any atom is -0.496 e. The van der Waals surface area contributed by atoms with Gasteiger partial charge in [-0.25, -0.2) is 0 Å². The lowest BCUT2D eigenvalue weighted by Crippen LogP contribution is -2.03. The number of ether oxygens (including phenoxy) is 1. The Morgan fingerprint density at radius 2 is 2.22 bits per heavy atom. The molecule has 0 amide bonds. The molecule has 0 bridgehead atoms. The molecule has 1 aromatic heterocycles. The van der Waals surface area contributed by atoms with E-state index in [4.69, 9.17) is 4.74 Å². The summed E-state index contributed by atoms with van der Waals surface area (Å²) in [5.74, 6) is 0.619. The fourth-order valence-corrected chi connectivity index (χ4v) is 1.73. The predicted octanol–water partition coefficient (Wildman–Crippen LogP) is 2.16. The van der Waals surface area contributed by atoms with Crippen LogP contribution >= 0.6 is 0 Å². The van der Waals surface area contributed by atoms with Gasteiger partial charge in [0.1, 0.15) is 5.75 Å². The highest BCUT2D eigenvalue weighted by molar-refractivity contribution is 5.43. The van der Waals surface area contributed by atoms with E-state index in [2.05, 4.69) is 5.10 Å². The quantitative estimate of drug-likeness (QED) is 0.613. The van der Waals surface area contributed by atoms with Crippen LogP contribution in [0.25, 0.3) is 0 Å². The van der Waals surface area contributed by atoms with E-state index >= 15 is 0 Å². The molecule has 0 saturated heterocycles. The second kappa shape index (κ2) is 4.87. The number of hydrogen-bond acceptors (Lipinski definition) is 4. The Hall–Kier alpha value is -2.37. The minimum atomic E-state index is -0.419. The molecule has 2 aromatic rings. The third-order valence-electron chi connectivity index (χ3n) is 2.58. The Balaban J connectivity index is 2.35. The Morgan fingerprint density at radius 1 is 1.44 bits per heavy atom. The summed E-state index contributed by atoms with van der Waals surface area (Å²) in [7, 11) is 1.54. The fourth-order valence-electron chi connectivity index (χ4n) is 1.73. The van der Waals surface area contributed by atoms with Gasteiger partial charge in [-0.1, -0.05) is 0 Å². The van der Waals surface area contributed by atoms with Crippen molar-refractivity contribution in [2.45, 2.75) is 13.5 Å². The standard InChI is InChI=1S/C12H13N3O3/c1-9-5-6-14(13-9)8-10-7-11(15(16)17)3-4-12(10)18-2/h3-7H,8H2,1-2H3. The van der Waals surface area contributed by atoms with Gasteiger partial charge < -0.3 is 4.74 Å². The molecule has 0 unspecified atom stereocenters. The second-order valence-electron chi connectivity index (χ2n) is 3.91. The van der Waals surface area contributed by atoms with E-state index in [1.165, 1.54) is 12.1 Å². The van der Waals surface area contributed by atoms with Gasteiger partial charge in [-0.3, -0.25) is 14.8 Å². The number of aryl methyl sites for hydroxylation is 1. The van der Waals surface area contributed by atoms with Gasteiger partial charge >= 0.3 is 0 Å². The average Bonchev–Trinajstić information content (AvgIpc) is 2.74. The van der Waals surface area contributed by atoms with Crippen LogP contribution < -0.4 is 4.74 Å². The molecule has 0 aliphatic carbocycles. The van der Waals surface area contributed by atoms with Crippen molar-refractivity contribution in [2.24, 2.45) is 0 Å². The SMILES string of the molecule is COc1ccc([N+](=O)[O-])cc1Cn1ccc(C)n1. The third kappa shape index (κ3) is 2.48. The van der Waals surface area contributed by atoms with Crippen molar-refractivity contribution in [3.8, 4) is 5.75 Å². The van der Waals surface area contributed by atoms with Gasteiger partial charge in [0.05, 0.1) is 24.3 Å². The molecule has 0 spiro atoms. The van der Waals surface area contributed by atoms with Crippen LogP contribution in [-0.2, 0) is 6.54 Å². The first-order valence-electron chi connectivity index (χ1n) is 5.41. The largest absolute Gasteiger partial charge is 0.496 e. The maximum absolute atomic E-state index is 10.8. The zero-order valence-electron chi connectivity index (χ0n) is 10.2. The first kappa shape index (κ1) is 12.1. The summed E-state index contributed by atoms with van der Waals surface area (Å²) in [6, 6.07) is 6.42. The van der Waals surface area contributed by atoms with E-state index in [9.17, 15) is 10.1 Å². The topological polar surface area (TPSA) is 70.2 Å². The lowest BCUT2D eigenvalue weighted by atomic mass is 10.2. The lowest BCUT2D eigenvalue weighted by molar-refractivity contribution is -0.384. The predicted molar refractivity (Wildman–Crippen MR) is 65.7 cm³/mol. The number of benzene rings is 1. The number of nitro groups is 1. The molecule has 94 valence electrons. The maximum atomic E-state index is 10.8. The molecule has 0 N–H and O–H groups in total. The van der Waals surface area contributed by atoms with Crippen molar-refractivity contribution in [3.05, 3.63) is 51.8 Å². The zero-order chi connectivity index (χ0) is 13.1. The Bertz CT molecular complexity index is 578. The monoisotopic (exact) mass is 247 g/mol. The van der Waals surface area contributed by atoms with Gasteiger partial charge in [0.25, 0.3) is 5.69 Å². The Kier molecular flexibility index (Phi) is 3.27. The van der Waals surface area contributed by atoms with Crippen molar-refractivity contribution in [2.75, 3.05) is 7.11 Å². The first-order chi connectivity index (χ1) is 8.60. The van der Waals surface area contributed by atoms with Crippen LogP contribution in [-0.4, -0.2) is 21.8 Å². The molecule has 1 aromatic carbocycles. The van der Waals surface area contributed by atoms with Crippen LogP contribution in [0.5, 0.6) is 5.75 Å². The van der Waals surface area contributed by atoms with Crippen molar-refractivity contribution in [1.82, 2.24) is 9.78 Å². The van der Waals surface area contributed by atoms with Crippen molar-refractivity contribution in [1.29, 1.82) is 0 Å². The van der Waals surface area contributed by atoms with Crippen LogP contribution in [0, 0.1) is 17.0 Å². The normalized spacial score (nSPS) is 10.3. The van der Waals surface area contributed by atoms with Crippen LogP contribution in [0.4, 0.5) is 5.69 Å². The number of hydrogen-bond donors (Lipinski definition) is 0. The second-order valence-corrected chi connectivity index (χ2v) is 3.91. The molecule has 0 fully saturated rings. The third-order valence-corrected chi connectivity index (χ3v) is 2.58. The lowest BCUT2D eigenvalue weighted by Gasteiger charge is -2.08. The average molecular weight is 247 g/mol. The van der Waals surface area contributed by atoms with Gasteiger partial charge in [0, 0.05) is 23.9 Å². The molecule has 1 heterocycles. The number of nitro benzene ring substituents is 1. The number of nitrogens with zero attached hydrogens (tertiary/aromatic N) is 3. The van der Waals surface area contributed by atoms with E-state index in [1.807, 2.05) is 19.2 Å². The highest BCUT2D eigenvalue weighted by Gasteiger charge is 2.11. The van der Waals surface area contributed by atoms with E-state index in [0.29, 0.717) is 12.3 Å². The Labute approximate surface area is 104 Å². The summed E-state index contributed by atoms with van der Waals surface area (Å²) in [6.45, 7) is 2.33. The van der Waals surface area contributed by atoms with E-state index in [-0.39, 0.29) is 5.69 Å². The van der Waals surface area contributed by atoms with Crippen LogP contribution in [0.1, 0.15) is 11.3 Å². The van der Waals surface area contributed by atoms with Crippen LogP contribution in [0.15, 0.2) is 30.5 Å². The van der Waals surface area contributed by atoms with Crippen molar-refractivity contribution >= 4 is 5.69 Å². The van der Waals surface area contributed by atoms with E-state index in [1.54, 1.807) is 17.9 Å². The van der Waals surface area contributed by atoms with Crippen LogP contribution in [0.2, 0.25) is 0 Å². The summed E-state index contributed by atoms with van der Waals surface area (Å²) in [4.78, 5) is 10.3. The molecule has 2 rings (SSSR count). The summed E-state index contributed by atoms with van der Waals surface area (Å²) in [5.41, 5.74) is 1.68. The number of rotatable bonds is 4. The summed E-state index contributed by atoms with van der Waals surface area (Å²) in [5, 5.41) is 15.0. The van der Waals surface area contributed by atoms with Gasteiger partial charge in [0.2, 0.25) is 0 Å². The minimum absolute atomic E-state index is 0.0506. The highest BCUT2D eigenvalue weighted by Crippen LogP contribution is 2.24. The molecular weight excluding hydrogens is 234 g/mol. The molecule has 6 nitrogen and oxygen atoms in total. The summed E-state index contributed by atoms with van der Waals surface area (Å²) >= 11 is 0. The van der Waals surface area contributed by atoms with Crippen molar-refractivity contribution < 1.29 is 9.66 Å². The van der Waals surface area contributed by atoms with Gasteiger partial charge in [0.15, 0.2) is 0 Å². The highest BCUT2D eigenvalue weighted by atomic mass is 16.6. The summed E-state index contributed by atoms with van der Waals surface area (Å²) < 4.78 is 6.91. The van der Waals surface area contributed by atoms with Gasteiger partial charge in [-0.05, 0) is 19.1 Å². The van der Waals surface area contributed by atoms with E-state index < -0.39 is 4.92 Å². The first-order valence-corrected chi connectivity index (χ1v) is 5.41. The Morgan fingerprint density at radius 3 is 2.78 bits per heavy atom. The summed E-state index contributed by atoms with van der Waals surface area (Å²) in [6.07, 6.45) is 1.83. The molecule has 6 heteroatoms. The van der Waals surface area contributed by atoms with E-state index in [0.717, 1.165) is 11.3 Å². The van der Waals surface area contributed by atoms with Gasteiger partial charge in [-0.15, -0.1) is 0 Å².